The van der Waals surface area contributed by atoms with E-state index in [4.69, 9.17) is 21.1 Å². The van der Waals surface area contributed by atoms with Crippen molar-refractivity contribution in [1.29, 1.82) is 0 Å². The van der Waals surface area contributed by atoms with Crippen molar-refractivity contribution in [3.05, 3.63) is 47.1 Å². The van der Waals surface area contributed by atoms with Crippen molar-refractivity contribution in [2.24, 2.45) is 0 Å². The molecule has 0 fully saturated rings. The minimum Gasteiger partial charge on any atom is -0.497 e. The van der Waals surface area contributed by atoms with Gasteiger partial charge in [-0.05, 0) is 24.3 Å². The molecule has 0 aliphatic carbocycles. The molecular weight excluding hydrogens is 332 g/mol. The van der Waals surface area contributed by atoms with Gasteiger partial charge in [0, 0.05) is 11.6 Å². The lowest BCUT2D eigenvalue weighted by Crippen LogP contribution is -2.01. The van der Waals surface area contributed by atoms with E-state index in [1.54, 1.807) is 44.6 Å². The van der Waals surface area contributed by atoms with Crippen LogP contribution in [0.1, 0.15) is 10.4 Å². The zero-order valence-electron chi connectivity index (χ0n) is 12.9. The Morgan fingerprint density at radius 1 is 1.08 bits per heavy atom. The predicted octanol–water partition coefficient (Wildman–Crippen LogP) is 3.67. The van der Waals surface area contributed by atoms with E-state index in [1.807, 2.05) is 0 Å². The van der Waals surface area contributed by atoms with Gasteiger partial charge in [-0.1, -0.05) is 17.7 Å². The number of aromatic nitrogens is 2. The Morgan fingerprint density at radius 2 is 1.75 bits per heavy atom. The lowest BCUT2D eigenvalue weighted by atomic mass is 10.1. The number of hydrogen-bond acceptors (Lipinski definition) is 5. The van der Waals surface area contributed by atoms with Gasteiger partial charge < -0.3 is 14.6 Å². The Bertz CT molecular complexity index is 921. The van der Waals surface area contributed by atoms with Gasteiger partial charge in [0.25, 0.3) is 0 Å². The SMILES string of the molecule is COc1cc(OC)cc(-c2nc3cccc(C(=O)O)c3nc2Cl)c1. The van der Waals surface area contributed by atoms with E-state index in [-0.39, 0.29) is 16.2 Å². The van der Waals surface area contributed by atoms with E-state index < -0.39 is 5.97 Å². The molecule has 0 amide bonds. The molecule has 122 valence electrons. The molecule has 0 spiro atoms. The van der Waals surface area contributed by atoms with Crippen LogP contribution in [0.3, 0.4) is 0 Å². The molecule has 6 nitrogen and oxygen atoms in total. The normalized spacial score (nSPS) is 10.6. The highest BCUT2D eigenvalue weighted by molar-refractivity contribution is 6.32. The Hall–Kier alpha value is -2.86. The minimum absolute atomic E-state index is 0.0525. The van der Waals surface area contributed by atoms with Crippen LogP contribution >= 0.6 is 11.6 Å². The number of para-hydroxylation sites is 1. The molecule has 0 atom stereocenters. The van der Waals surface area contributed by atoms with E-state index in [9.17, 15) is 9.90 Å². The van der Waals surface area contributed by atoms with Gasteiger partial charge in [-0.15, -0.1) is 0 Å². The summed E-state index contributed by atoms with van der Waals surface area (Å²) in [4.78, 5) is 20.0. The van der Waals surface area contributed by atoms with Crippen LogP contribution in [0, 0.1) is 0 Å². The first-order chi connectivity index (χ1) is 11.5. The molecule has 2 aromatic carbocycles. The van der Waals surface area contributed by atoms with Crippen LogP contribution in [-0.2, 0) is 0 Å². The predicted molar refractivity (Wildman–Crippen MR) is 90.0 cm³/mol. The summed E-state index contributed by atoms with van der Waals surface area (Å²) in [5, 5.41) is 9.36. The van der Waals surface area contributed by atoms with Crippen molar-refractivity contribution in [1.82, 2.24) is 9.97 Å². The summed E-state index contributed by atoms with van der Waals surface area (Å²) >= 11 is 6.26. The fourth-order valence-corrected chi connectivity index (χ4v) is 2.59. The van der Waals surface area contributed by atoms with E-state index >= 15 is 0 Å². The second kappa shape index (κ2) is 6.33. The minimum atomic E-state index is -1.08. The van der Waals surface area contributed by atoms with Crippen molar-refractivity contribution in [3.63, 3.8) is 0 Å². The van der Waals surface area contributed by atoms with Gasteiger partial charge in [0.2, 0.25) is 0 Å². The summed E-state index contributed by atoms with van der Waals surface area (Å²) in [6.45, 7) is 0. The molecule has 0 saturated carbocycles. The average Bonchev–Trinajstić information content (AvgIpc) is 2.59. The summed E-state index contributed by atoms with van der Waals surface area (Å²) < 4.78 is 10.5. The molecule has 24 heavy (non-hydrogen) atoms. The number of hydrogen-bond donors (Lipinski definition) is 1. The van der Waals surface area contributed by atoms with Crippen LogP contribution in [0.25, 0.3) is 22.3 Å². The molecule has 1 aromatic heterocycles. The fourth-order valence-electron chi connectivity index (χ4n) is 2.36. The van der Waals surface area contributed by atoms with Crippen LogP contribution < -0.4 is 9.47 Å². The first kappa shape index (κ1) is 16.0. The van der Waals surface area contributed by atoms with Gasteiger partial charge in [0.1, 0.15) is 22.7 Å². The van der Waals surface area contributed by atoms with Crippen LogP contribution in [0.15, 0.2) is 36.4 Å². The number of carboxylic acids is 1. The van der Waals surface area contributed by atoms with Crippen molar-refractivity contribution < 1.29 is 19.4 Å². The molecule has 0 aliphatic rings. The second-order valence-corrected chi connectivity index (χ2v) is 5.30. The summed E-state index contributed by atoms with van der Waals surface area (Å²) in [7, 11) is 3.09. The van der Waals surface area contributed by atoms with E-state index in [0.717, 1.165) is 0 Å². The van der Waals surface area contributed by atoms with Crippen LogP contribution in [0.2, 0.25) is 5.15 Å². The number of ether oxygens (including phenoxy) is 2. The zero-order valence-corrected chi connectivity index (χ0v) is 13.7. The van der Waals surface area contributed by atoms with Crippen molar-refractivity contribution in [2.45, 2.75) is 0 Å². The first-order valence-corrected chi connectivity index (χ1v) is 7.34. The van der Waals surface area contributed by atoms with Gasteiger partial charge in [-0.25, -0.2) is 14.8 Å². The third-order valence-corrected chi connectivity index (χ3v) is 3.77. The number of nitrogens with zero attached hydrogens (tertiary/aromatic N) is 2. The average molecular weight is 345 g/mol. The van der Waals surface area contributed by atoms with Crippen molar-refractivity contribution in [2.75, 3.05) is 14.2 Å². The van der Waals surface area contributed by atoms with Crippen molar-refractivity contribution in [3.8, 4) is 22.8 Å². The smallest absolute Gasteiger partial charge is 0.337 e. The quantitative estimate of drug-likeness (QED) is 0.777. The fraction of sp³-hybridized carbons (Fsp3) is 0.118. The molecule has 0 saturated heterocycles. The van der Waals surface area contributed by atoms with E-state index in [2.05, 4.69) is 9.97 Å². The highest BCUT2D eigenvalue weighted by Crippen LogP contribution is 2.33. The summed E-state index contributed by atoms with van der Waals surface area (Å²) in [6, 6.07) is 10.0. The van der Waals surface area contributed by atoms with E-state index in [0.29, 0.717) is 28.3 Å². The third kappa shape index (κ3) is 2.83. The molecule has 1 N–H and O–H groups in total. The molecular formula is C17H13ClN2O4. The maximum Gasteiger partial charge on any atom is 0.337 e. The van der Waals surface area contributed by atoms with Gasteiger partial charge in [-0.3, -0.25) is 0 Å². The molecule has 7 heteroatoms. The molecule has 0 aliphatic heterocycles. The highest BCUT2D eigenvalue weighted by atomic mass is 35.5. The van der Waals surface area contributed by atoms with Crippen LogP contribution in [-0.4, -0.2) is 35.3 Å². The second-order valence-electron chi connectivity index (χ2n) is 4.94. The summed E-state index contributed by atoms with van der Waals surface area (Å²) in [5.74, 6) is 0.0879. The number of methoxy groups -OCH3 is 2. The van der Waals surface area contributed by atoms with Gasteiger partial charge in [0.05, 0.1) is 25.3 Å². The number of rotatable bonds is 4. The number of carboxylic acid groups (broad SMARTS) is 1. The van der Waals surface area contributed by atoms with Gasteiger partial charge >= 0.3 is 5.97 Å². The lowest BCUT2D eigenvalue weighted by molar-refractivity contribution is 0.0699. The standard InChI is InChI=1S/C17H13ClN2O4/c1-23-10-6-9(7-11(8-10)24-2)14-16(18)20-15-12(17(21)22)4-3-5-13(15)19-14/h3-8H,1-2H3,(H,21,22). The molecule has 3 rings (SSSR count). The molecule has 0 radical (unpaired) electrons. The maximum atomic E-state index is 11.3. The third-order valence-electron chi connectivity index (χ3n) is 3.51. The first-order valence-electron chi connectivity index (χ1n) is 6.96. The Morgan fingerprint density at radius 3 is 2.33 bits per heavy atom. The topological polar surface area (TPSA) is 81.5 Å². The summed E-state index contributed by atoms with van der Waals surface area (Å²) in [5.41, 5.74) is 1.82. The number of carbonyl (C=O) groups is 1. The molecule has 0 unspecified atom stereocenters. The Kier molecular flexibility index (Phi) is 4.22. The van der Waals surface area contributed by atoms with Crippen LogP contribution in [0.4, 0.5) is 0 Å². The number of benzene rings is 2. The van der Waals surface area contributed by atoms with Gasteiger partial charge in [-0.2, -0.15) is 0 Å². The van der Waals surface area contributed by atoms with Crippen LogP contribution in [0.5, 0.6) is 11.5 Å². The highest BCUT2D eigenvalue weighted by Gasteiger charge is 2.16. The Labute approximate surface area is 142 Å². The molecule has 3 aromatic rings. The largest absolute Gasteiger partial charge is 0.497 e. The molecule has 0 bridgehead atoms. The number of fused-ring (bicyclic) bond motifs is 1. The maximum absolute atomic E-state index is 11.3. The molecule has 1 heterocycles. The Balaban J connectivity index is 2.24. The number of halogens is 1. The summed E-state index contributed by atoms with van der Waals surface area (Å²) in [6.07, 6.45) is 0. The monoisotopic (exact) mass is 344 g/mol. The van der Waals surface area contributed by atoms with Crippen molar-refractivity contribution >= 4 is 28.6 Å². The number of aromatic carboxylic acids is 1. The lowest BCUT2D eigenvalue weighted by Gasteiger charge is -2.10. The van der Waals surface area contributed by atoms with E-state index in [1.165, 1.54) is 6.07 Å². The van der Waals surface area contributed by atoms with Gasteiger partial charge in [0.15, 0.2) is 5.15 Å². The zero-order chi connectivity index (χ0) is 17.3.